The van der Waals surface area contributed by atoms with Crippen LogP contribution in [0, 0.1) is 0 Å². The Morgan fingerprint density at radius 2 is 2.03 bits per heavy atom. The maximum atomic E-state index is 8.75. The fourth-order valence-electron chi connectivity index (χ4n) is 3.20. The number of imidazole rings is 1. The number of fused-ring (bicyclic) bond motifs is 1. The molecule has 0 saturated heterocycles. The number of rotatable bonds is 8. The first-order valence-electron chi connectivity index (χ1n) is 9.27. The third kappa shape index (κ3) is 3.50. The van der Waals surface area contributed by atoms with Crippen molar-refractivity contribution in [2.75, 3.05) is 18.9 Å². The summed E-state index contributed by atoms with van der Waals surface area (Å²) in [6.45, 7) is 3.44. The zero-order chi connectivity index (χ0) is 20.2. The first kappa shape index (κ1) is 18.8. The van der Waals surface area contributed by atoms with Crippen molar-refractivity contribution in [1.29, 1.82) is 0 Å². The molecule has 0 aliphatic rings. The summed E-state index contributed by atoms with van der Waals surface area (Å²) in [4.78, 5) is 9.41. The van der Waals surface area contributed by atoms with E-state index < -0.39 is 0 Å². The number of nitrogens with zero attached hydrogens (tertiary/aromatic N) is 5. The monoisotopic (exact) mass is 395 g/mol. The minimum absolute atomic E-state index is 0.167. The molecule has 4 aromatic rings. The van der Waals surface area contributed by atoms with Gasteiger partial charge in [-0.1, -0.05) is 30.3 Å². The van der Waals surface area contributed by atoms with Crippen LogP contribution in [0.25, 0.3) is 33.8 Å². The molecule has 0 fully saturated rings. The molecule has 0 amide bonds. The highest BCUT2D eigenvalue weighted by atomic mass is 16.6. The van der Waals surface area contributed by atoms with Crippen LogP contribution >= 0.6 is 0 Å². The summed E-state index contributed by atoms with van der Waals surface area (Å²) < 4.78 is 12.7. The molecule has 0 saturated carbocycles. The maximum Gasteiger partial charge on any atom is 0.199 e. The van der Waals surface area contributed by atoms with Crippen molar-refractivity contribution in [3.63, 3.8) is 0 Å². The molecule has 10 heteroatoms. The third-order valence-electron chi connectivity index (χ3n) is 4.52. The highest BCUT2D eigenvalue weighted by molar-refractivity contribution is 5.95. The molecular weight excluding hydrogens is 374 g/mol. The number of hydrogen-bond acceptors (Lipinski definition) is 9. The number of benzene rings is 1. The van der Waals surface area contributed by atoms with Gasteiger partial charge in [0.2, 0.25) is 0 Å². The first-order chi connectivity index (χ1) is 14.2. The lowest BCUT2D eigenvalue weighted by Gasteiger charge is -2.11. The van der Waals surface area contributed by atoms with Gasteiger partial charge in [-0.25, -0.2) is 20.1 Å². The Hall–Kier alpha value is -3.50. The molecule has 0 bridgehead atoms. The van der Waals surface area contributed by atoms with E-state index in [-0.39, 0.29) is 5.82 Å². The lowest BCUT2D eigenvalue weighted by atomic mass is 10.1. The van der Waals surface area contributed by atoms with Crippen LogP contribution in [0.2, 0.25) is 0 Å². The Balaban J connectivity index is 1.91. The molecule has 150 valence electrons. The zero-order valence-electron chi connectivity index (χ0n) is 15.9. The van der Waals surface area contributed by atoms with Crippen molar-refractivity contribution in [3.05, 3.63) is 36.5 Å². The van der Waals surface area contributed by atoms with Crippen LogP contribution in [-0.2, 0) is 6.54 Å². The van der Waals surface area contributed by atoms with Gasteiger partial charge in [-0.3, -0.25) is 0 Å². The molecule has 0 radical (unpaired) electrons. The molecule has 1 aromatic carbocycles. The van der Waals surface area contributed by atoms with Crippen molar-refractivity contribution in [1.82, 2.24) is 30.3 Å². The van der Waals surface area contributed by atoms with Crippen LogP contribution in [-0.4, -0.2) is 43.2 Å². The predicted octanol–water partition coefficient (Wildman–Crippen LogP) is 2.50. The summed E-state index contributed by atoms with van der Waals surface area (Å²) in [5.74, 6) is 1.29. The predicted molar refractivity (Wildman–Crippen MR) is 106 cm³/mol. The number of aryl methyl sites for hydroxylation is 1. The summed E-state index contributed by atoms with van der Waals surface area (Å²) in [5.41, 5.74) is 11.5. The van der Waals surface area contributed by atoms with E-state index in [0.717, 1.165) is 16.8 Å². The van der Waals surface area contributed by atoms with Crippen molar-refractivity contribution in [2.24, 2.45) is 0 Å². The fourth-order valence-corrected chi connectivity index (χ4v) is 3.20. The Kier molecular flexibility index (Phi) is 5.36. The second kappa shape index (κ2) is 8.25. The average molecular weight is 395 g/mol. The SMILES string of the molecule is CCn1c(-c2nonc2N)nc2c(-c3ccccc3)ncc(OCCCNO)c21. The largest absolute Gasteiger partial charge is 0.490 e. The minimum Gasteiger partial charge on any atom is -0.490 e. The van der Waals surface area contributed by atoms with Gasteiger partial charge < -0.3 is 20.2 Å². The van der Waals surface area contributed by atoms with Crippen LogP contribution in [0.4, 0.5) is 5.82 Å². The Morgan fingerprint density at radius 3 is 2.72 bits per heavy atom. The van der Waals surface area contributed by atoms with E-state index in [0.29, 0.717) is 48.9 Å². The van der Waals surface area contributed by atoms with E-state index >= 15 is 0 Å². The molecular formula is C19H21N7O3. The second-order valence-corrected chi connectivity index (χ2v) is 6.32. The normalized spacial score (nSPS) is 11.2. The number of hydroxylamine groups is 1. The van der Waals surface area contributed by atoms with E-state index in [1.807, 2.05) is 41.8 Å². The van der Waals surface area contributed by atoms with Gasteiger partial charge >= 0.3 is 0 Å². The molecule has 0 aliphatic heterocycles. The standard InChI is InChI=1S/C19H21N7O3/c1-2-26-17-13(28-10-6-9-22-27)11-21-14(12-7-4-3-5-8-12)15(17)23-19(26)16-18(20)25-29-24-16/h3-5,7-8,11,22,27H,2,6,9-10H2,1H3,(H2,20,25). The smallest absolute Gasteiger partial charge is 0.199 e. The van der Waals surface area contributed by atoms with E-state index in [1.54, 1.807) is 6.20 Å². The lowest BCUT2D eigenvalue weighted by Crippen LogP contribution is -2.12. The summed E-state index contributed by atoms with van der Waals surface area (Å²) in [5, 5.41) is 16.3. The Morgan fingerprint density at radius 1 is 1.21 bits per heavy atom. The number of pyridine rings is 1. The van der Waals surface area contributed by atoms with E-state index in [4.69, 9.17) is 25.3 Å². The van der Waals surface area contributed by atoms with Crippen LogP contribution < -0.4 is 16.0 Å². The van der Waals surface area contributed by atoms with Gasteiger partial charge in [-0.05, 0) is 23.7 Å². The first-order valence-corrected chi connectivity index (χ1v) is 9.27. The van der Waals surface area contributed by atoms with Crippen molar-refractivity contribution < 1.29 is 14.6 Å². The molecule has 3 heterocycles. The topological polar surface area (TPSA) is 137 Å². The maximum absolute atomic E-state index is 8.75. The number of nitrogen functional groups attached to an aromatic ring is 1. The molecule has 29 heavy (non-hydrogen) atoms. The molecule has 0 unspecified atom stereocenters. The second-order valence-electron chi connectivity index (χ2n) is 6.32. The van der Waals surface area contributed by atoms with Crippen LogP contribution in [0.1, 0.15) is 13.3 Å². The highest BCUT2D eigenvalue weighted by Gasteiger charge is 2.23. The number of nitrogens with two attached hydrogens (primary N) is 1. The Bertz CT molecular complexity index is 1110. The van der Waals surface area contributed by atoms with E-state index in [1.165, 1.54) is 0 Å². The number of anilines is 1. The summed E-state index contributed by atoms with van der Waals surface area (Å²) >= 11 is 0. The van der Waals surface area contributed by atoms with Crippen molar-refractivity contribution in [3.8, 4) is 28.5 Å². The van der Waals surface area contributed by atoms with Gasteiger partial charge in [-0.2, -0.15) is 0 Å². The minimum atomic E-state index is 0.167. The average Bonchev–Trinajstić information content (AvgIpc) is 3.35. The lowest BCUT2D eigenvalue weighted by molar-refractivity contribution is 0.157. The van der Waals surface area contributed by atoms with Crippen LogP contribution in [0.5, 0.6) is 5.75 Å². The molecule has 0 aliphatic carbocycles. The highest BCUT2D eigenvalue weighted by Crippen LogP contribution is 2.36. The van der Waals surface area contributed by atoms with E-state index in [9.17, 15) is 0 Å². The fraction of sp³-hybridized carbons (Fsp3) is 0.263. The van der Waals surface area contributed by atoms with Gasteiger partial charge in [0.25, 0.3) is 0 Å². The Labute approximate surface area is 166 Å². The number of aromatic nitrogens is 5. The molecule has 3 aromatic heterocycles. The quantitative estimate of drug-likeness (QED) is 0.303. The number of nitrogens with one attached hydrogen (secondary N) is 1. The van der Waals surface area contributed by atoms with Crippen LogP contribution in [0.3, 0.4) is 0 Å². The van der Waals surface area contributed by atoms with Gasteiger partial charge in [0, 0.05) is 18.7 Å². The van der Waals surface area contributed by atoms with Crippen molar-refractivity contribution in [2.45, 2.75) is 19.9 Å². The molecule has 0 spiro atoms. The number of hydrogen-bond donors (Lipinski definition) is 3. The third-order valence-corrected chi connectivity index (χ3v) is 4.52. The summed E-state index contributed by atoms with van der Waals surface area (Å²) in [6, 6.07) is 9.81. The van der Waals surface area contributed by atoms with Crippen molar-refractivity contribution >= 4 is 16.9 Å². The van der Waals surface area contributed by atoms with Gasteiger partial charge in [0.1, 0.15) is 11.0 Å². The molecule has 10 nitrogen and oxygen atoms in total. The molecule has 4 N–H and O–H groups in total. The van der Waals surface area contributed by atoms with Gasteiger partial charge in [0.05, 0.1) is 18.5 Å². The van der Waals surface area contributed by atoms with E-state index in [2.05, 4.69) is 20.8 Å². The van der Waals surface area contributed by atoms with Crippen LogP contribution in [0.15, 0.2) is 41.2 Å². The number of ether oxygens (including phenoxy) is 1. The van der Waals surface area contributed by atoms with Gasteiger partial charge in [-0.15, -0.1) is 0 Å². The molecule has 0 atom stereocenters. The summed E-state index contributed by atoms with van der Waals surface area (Å²) in [6.07, 6.45) is 2.32. The summed E-state index contributed by atoms with van der Waals surface area (Å²) in [7, 11) is 0. The molecule has 4 rings (SSSR count). The zero-order valence-corrected chi connectivity index (χ0v) is 15.9. The van der Waals surface area contributed by atoms with Gasteiger partial charge in [0.15, 0.2) is 23.1 Å².